The molecule has 1 rings (SSSR count). The normalized spacial score (nSPS) is 12.1. The van der Waals surface area contributed by atoms with Crippen molar-refractivity contribution in [1.29, 1.82) is 0 Å². The van der Waals surface area contributed by atoms with Gasteiger partial charge in [0.2, 0.25) is 0 Å². The molecule has 3 heteroatoms. The van der Waals surface area contributed by atoms with E-state index in [2.05, 4.69) is 65.0 Å². The number of carbonyl (C=O) groups is 1. The maximum Gasteiger partial charge on any atom is 1.00 e. The van der Waals surface area contributed by atoms with E-state index in [0.29, 0.717) is 5.92 Å². The minimum atomic E-state index is -0.958. The van der Waals surface area contributed by atoms with Gasteiger partial charge in [-0.3, -0.25) is 0 Å². The van der Waals surface area contributed by atoms with Gasteiger partial charge in [0.15, 0.2) is 0 Å². The molecule has 0 N–H and O–H groups in total. The Balaban J connectivity index is -0.000000286. The Morgan fingerprint density at radius 1 is 0.917 bits per heavy atom. The van der Waals surface area contributed by atoms with Crippen molar-refractivity contribution < 1.29 is 61.3 Å². The number of carboxylic acid groups (broad SMARTS) is 1. The maximum atomic E-state index is 10.0. The minimum absolute atomic E-state index is 0. The monoisotopic (exact) mass is 360 g/mol. The molecular formula is C21H37KO2. The molecule has 0 amide bonds. The van der Waals surface area contributed by atoms with E-state index < -0.39 is 5.97 Å². The molecule has 1 aromatic carbocycles. The van der Waals surface area contributed by atoms with Gasteiger partial charge in [-0.05, 0) is 35.7 Å². The SMILES string of the molecule is CC(C)C(C)C(=O)[O-].CCC(C)C.CCC(C)c1ccccc1.[K+]. The van der Waals surface area contributed by atoms with Gasteiger partial charge in [0.25, 0.3) is 0 Å². The van der Waals surface area contributed by atoms with E-state index in [0.717, 1.165) is 5.92 Å². The molecule has 1 aromatic rings. The minimum Gasteiger partial charge on any atom is -0.550 e. The van der Waals surface area contributed by atoms with Crippen molar-refractivity contribution in [1.82, 2.24) is 0 Å². The van der Waals surface area contributed by atoms with Crippen molar-refractivity contribution in [2.45, 2.75) is 74.1 Å². The second-order valence-electron chi connectivity index (χ2n) is 6.87. The Labute approximate surface area is 193 Å². The molecule has 0 aliphatic rings. The first-order valence-electron chi connectivity index (χ1n) is 8.92. The van der Waals surface area contributed by atoms with Gasteiger partial charge in [-0.2, -0.15) is 0 Å². The fraction of sp³-hybridized carbons (Fsp3) is 0.667. The second kappa shape index (κ2) is 18.1. The molecule has 0 aliphatic heterocycles. The summed E-state index contributed by atoms with van der Waals surface area (Å²) < 4.78 is 0. The summed E-state index contributed by atoms with van der Waals surface area (Å²) in [4.78, 5) is 10.0. The molecule has 0 spiro atoms. The van der Waals surface area contributed by atoms with Gasteiger partial charge in [-0.25, -0.2) is 0 Å². The Bertz CT molecular complexity index is 388. The van der Waals surface area contributed by atoms with E-state index in [1.54, 1.807) is 6.92 Å². The molecule has 0 heterocycles. The Hall–Kier alpha value is 0.326. The molecule has 24 heavy (non-hydrogen) atoms. The van der Waals surface area contributed by atoms with Crippen molar-refractivity contribution in [2.24, 2.45) is 17.8 Å². The number of hydrogen-bond acceptors (Lipinski definition) is 2. The van der Waals surface area contributed by atoms with Gasteiger partial charge in [0, 0.05) is 5.97 Å². The van der Waals surface area contributed by atoms with E-state index in [4.69, 9.17) is 0 Å². The quantitative estimate of drug-likeness (QED) is 0.756. The topological polar surface area (TPSA) is 40.1 Å². The van der Waals surface area contributed by atoms with Crippen LogP contribution in [0, 0.1) is 17.8 Å². The maximum absolute atomic E-state index is 10.0. The fourth-order valence-electron chi connectivity index (χ4n) is 1.29. The van der Waals surface area contributed by atoms with E-state index in [1.165, 1.54) is 18.4 Å². The number of aliphatic carboxylic acids is 1. The van der Waals surface area contributed by atoms with Crippen molar-refractivity contribution in [3.05, 3.63) is 35.9 Å². The van der Waals surface area contributed by atoms with Crippen molar-refractivity contribution >= 4 is 5.97 Å². The van der Waals surface area contributed by atoms with Crippen molar-refractivity contribution in [2.75, 3.05) is 0 Å². The van der Waals surface area contributed by atoms with Crippen LogP contribution in [-0.4, -0.2) is 5.97 Å². The van der Waals surface area contributed by atoms with Crippen LogP contribution in [0.15, 0.2) is 30.3 Å². The number of benzene rings is 1. The summed E-state index contributed by atoms with van der Waals surface area (Å²) in [6.45, 7) is 16.5. The van der Waals surface area contributed by atoms with Crippen LogP contribution in [0.5, 0.6) is 0 Å². The van der Waals surface area contributed by atoms with Gasteiger partial charge < -0.3 is 9.90 Å². The average Bonchev–Trinajstić information content (AvgIpc) is 2.55. The zero-order valence-corrected chi connectivity index (χ0v) is 20.5. The summed E-state index contributed by atoms with van der Waals surface area (Å²) in [5.74, 6) is 0.492. The van der Waals surface area contributed by atoms with Gasteiger partial charge in [-0.15, -0.1) is 0 Å². The van der Waals surface area contributed by atoms with Crippen LogP contribution in [0.3, 0.4) is 0 Å². The van der Waals surface area contributed by atoms with Crippen LogP contribution in [-0.2, 0) is 4.79 Å². The van der Waals surface area contributed by atoms with E-state index in [1.807, 2.05) is 13.8 Å². The van der Waals surface area contributed by atoms with Crippen molar-refractivity contribution in [3.8, 4) is 0 Å². The molecule has 2 unspecified atom stereocenters. The molecule has 0 saturated carbocycles. The molecule has 0 aromatic heterocycles. The molecule has 0 bridgehead atoms. The van der Waals surface area contributed by atoms with E-state index in [-0.39, 0.29) is 63.2 Å². The summed E-state index contributed by atoms with van der Waals surface area (Å²) in [6.07, 6.45) is 2.53. The first-order chi connectivity index (χ1) is 10.7. The molecule has 2 nitrogen and oxygen atoms in total. The van der Waals surface area contributed by atoms with Crippen LogP contribution in [0.4, 0.5) is 0 Å². The molecule has 2 atom stereocenters. The zero-order valence-electron chi connectivity index (χ0n) is 17.4. The van der Waals surface area contributed by atoms with Gasteiger partial charge in [0.1, 0.15) is 0 Å². The number of hydrogen-bond donors (Lipinski definition) is 0. The van der Waals surface area contributed by atoms with E-state index >= 15 is 0 Å². The summed E-state index contributed by atoms with van der Waals surface area (Å²) in [5, 5.41) is 10.0. The second-order valence-corrected chi connectivity index (χ2v) is 6.87. The molecule has 0 aliphatic carbocycles. The first kappa shape index (κ1) is 29.1. The average molecular weight is 361 g/mol. The van der Waals surface area contributed by atoms with Crippen LogP contribution in [0.2, 0.25) is 0 Å². The van der Waals surface area contributed by atoms with Crippen LogP contribution in [0.25, 0.3) is 0 Å². The van der Waals surface area contributed by atoms with Crippen LogP contribution >= 0.6 is 0 Å². The van der Waals surface area contributed by atoms with Gasteiger partial charge in [0.05, 0.1) is 0 Å². The molecule has 0 radical (unpaired) electrons. The van der Waals surface area contributed by atoms with Gasteiger partial charge >= 0.3 is 51.4 Å². The molecule has 0 saturated heterocycles. The number of carbonyl (C=O) groups excluding carboxylic acids is 1. The smallest absolute Gasteiger partial charge is 0.550 e. The third-order valence-electron chi connectivity index (χ3n) is 4.17. The predicted octanol–water partition coefficient (Wildman–Crippen LogP) is 2.28. The predicted molar refractivity (Wildman–Crippen MR) is 99.3 cm³/mol. The summed E-state index contributed by atoms with van der Waals surface area (Å²) in [6, 6.07) is 10.6. The fourth-order valence-corrected chi connectivity index (χ4v) is 1.29. The van der Waals surface area contributed by atoms with Crippen LogP contribution < -0.4 is 56.5 Å². The Morgan fingerprint density at radius 3 is 1.54 bits per heavy atom. The molecule has 134 valence electrons. The third-order valence-corrected chi connectivity index (χ3v) is 4.17. The zero-order chi connectivity index (χ0) is 18.4. The summed E-state index contributed by atoms with van der Waals surface area (Å²) in [5.41, 5.74) is 1.45. The standard InChI is InChI=1S/C10H14.C6H12O2.C5H12.K/c1-3-9(2)10-7-5-4-6-8-10;1-4(2)5(3)6(7)8;1-4-5(2)3;/h4-9H,3H2,1-2H3;4-5H,1-3H3,(H,7,8);5H,4H2,1-3H3;/q;;;+1/p-1. The van der Waals surface area contributed by atoms with E-state index in [9.17, 15) is 9.90 Å². The Kier molecular flexibility index (Phi) is 22.0. The summed E-state index contributed by atoms with van der Waals surface area (Å²) >= 11 is 0. The summed E-state index contributed by atoms with van der Waals surface area (Å²) in [7, 11) is 0. The molecule has 0 fully saturated rings. The first-order valence-corrected chi connectivity index (χ1v) is 8.92. The number of carboxylic acids is 1. The number of rotatable bonds is 5. The van der Waals surface area contributed by atoms with Crippen molar-refractivity contribution in [3.63, 3.8) is 0 Å². The third kappa shape index (κ3) is 17.2. The van der Waals surface area contributed by atoms with Crippen LogP contribution in [0.1, 0.15) is 79.7 Å². The Morgan fingerprint density at radius 2 is 1.33 bits per heavy atom. The van der Waals surface area contributed by atoms with Gasteiger partial charge in [-0.1, -0.05) is 92.1 Å². The molecular weight excluding hydrogens is 323 g/mol. The largest absolute Gasteiger partial charge is 1.00 e.